The number of benzene rings is 1. The van der Waals surface area contributed by atoms with Crippen LogP contribution in [-0.4, -0.2) is 38.3 Å². The van der Waals surface area contributed by atoms with Gasteiger partial charge in [-0.3, -0.25) is 0 Å². The minimum absolute atomic E-state index is 0.155. The first-order valence-electron chi connectivity index (χ1n) is 7.22. The summed E-state index contributed by atoms with van der Waals surface area (Å²) in [5, 5.41) is 0. The van der Waals surface area contributed by atoms with Crippen molar-refractivity contribution >= 4 is 0 Å². The van der Waals surface area contributed by atoms with Crippen LogP contribution in [0, 0.1) is 12.8 Å². The largest absolute Gasteiger partial charge is 0.384 e. The van der Waals surface area contributed by atoms with Crippen molar-refractivity contribution in [3.63, 3.8) is 0 Å². The van der Waals surface area contributed by atoms with Crippen LogP contribution in [0.15, 0.2) is 24.3 Å². The Hall–Kier alpha value is -0.900. The fraction of sp³-hybridized carbons (Fsp3) is 0.625. The molecule has 0 radical (unpaired) electrons. The normalized spacial score (nSPS) is 21.7. The van der Waals surface area contributed by atoms with E-state index in [0.29, 0.717) is 5.92 Å². The lowest BCUT2D eigenvalue weighted by Crippen LogP contribution is -2.26. The molecule has 0 saturated carbocycles. The maximum Gasteiger partial charge on any atom is 0.0503 e. The smallest absolute Gasteiger partial charge is 0.0503 e. The molecule has 2 N–H and O–H groups in total. The van der Waals surface area contributed by atoms with Gasteiger partial charge in [-0.15, -0.1) is 0 Å². The third-order valence-electron chi connectivity index (χ3n) is 4.03. The van der Waals surface area contributed by atoms with E-state index in [1.807, 2.05) is 0 Å². The van der Waals surface area contributed by atoms with Crippen molar-refractivity contribution in [2.45, 2.75) is 25.8 Å². The van der Waals surface area contributed by atoms with Gasteiger partial charge in [-0.05, 0) is 44.3 Å². The van der Waals surface area contributed by atoms with Crippen molar-refractivity contribution in [2.75, 3.05) is 33.4 Å². The summed E-state index contributed by atoms with van der Waals surface area (Å²) in [5.74, 6) is 0.709. The van der Waals surface area contributed by atoms with Gasteiger partial charge < -0.3 is 15.4 Å². The van der Waals surface area contributed by atoms with Crippen LogP contribution in [0.3, 0.4) is 0 Å². The molecule has 1 fully saturated rings. The molecule has 1 saturated heterocycles. The molecular weight excluding hydrogens is 236 g/mol. The van der Waals surface area contributed by atoms with E-state index in [1.54, 1.807) is 7.11 Å². The van der Waals surface area contributed by atoms with Gasteiger partial charge in [0.05, 0.1) is 6.61 Å². The molecule has 1 aliphatic rings. The Balaban J connectivity index is 1.75. The molecule has 0 bridgehead atoms. The van der Waals surface area contributed by atoms with E-state index >= 15 is 0 Å². The number of likely N-dealkylation sites (tertiary alicyclic amines) is 1. The second-order valence-electron chi connectivity index (χ2n) is 5.72. The molecule has 3 nitrogen and oxygen atoms in total. The summed E-state index contributed by atoms with van der Waals surface area (Å²) in [6.45, 7) is 6.44. The first-order chi connectivity index (χ1) is 9.19. The van der Waals surface area contributed by atoms with E-state index in [4.69, 9.17) is 10.5 Å². The number of nitrogens with zero attached hydrogens (tertiary/aromatic N) is 1. The number of rotatable bonds is 6. The number of nitrogens with two attached hydrogens (primary N) is 1. The van der Waals surface area contributed by atoms with Crippen LogP contribution >= 0.6 is 0 Å². The second-order valence-corrected chi connectivity index (χ2v) is 5.72. The third-order valence-corrected chi connectivity index (χ3v) is 4.03. The molecule has 0 aromatic heterocycles. The maximum atomic E-state index is 6.27. The van der Waals surface area contributed by atoms with Gasteiger partial charge in [-0.25, -0.2) is 0 Å². The van der Waals surface area contributed by atoms with Crippen molar-refractivity contribution in [3.8, 4) is 0 Å². The Labute approximate surface area is 116 Å². The first kappa shape index (κ1) is 14.5. The van der Waals surface area contributed by atoms with E-state index < -0.39 is 0 Å². The van der Waals surface area contributed by atoms with Crippen LogP contribution in [0.25, 0.3) is 0 Å². The number of methoxy groups -OCH3 is 1. The fourth-order valence-corrected chi connectivity index (χ4v) is 2.79. The molecule has 2 rings (SSSR count). The molecule has 1 aromatic rings. The molecule has 19 heavy (non-hydrogen) atoms. The minimum atomic E-state index is 0.155. The van der Waals surface area contributed by atoms with Gasteiger partial charge in [-0.2, -0.15) is 0 Å². The Morgan fingerprint density at radius 3 is 2.79 bits per heavy atom. The standard InChI is InChI=1S/C16H26N2O/c1-13-3-5-15(6-4-13)16(17)8-10-18-9-7-14(11-18)12-19-2/h3-6,14,16H,7-12,17H2,1-2H3. The average Bonchev–Trinajstić information content (AvgIpc) is 2.85. The van der Waals surface area contributed by atoms with E-state index in [1.165, 1.54) is 24.1 Å². The molecule has 0 spiro atoms. The van der Waals surface area contributed by atoms with Gasteiger partial charge in [0.15, 0.2) is 0 Å². The minimum Gasteiger partial charge on any atom is -0.384 e. The molecule has 1 heterocycles. The van der Waals surface area contributed by atoms with Crippen LogP contribution in [0.4, 0.5) is 0 Å². The molecule has 3 heteroatoms. The second kappa shape index (κ2) is 7.04. The number of ether oxygens (including phenoxy) is 1. The van der Waals surface area contributed by atoms with Gasteiger partial charge in [0.1, 0.15) is 0 Å². The van der Waals surface area contributed by atoms with Crippen LogP contribution in [0.5, 0.6) is 0 Å². The van der Waals surface area contributed by atoms with Gasteiger partial charge in [0, 0.05) is 19.7 Å². The van der Waals surface area contributed by atoms with E-state index in [2.05, 4.69) is 36.1 Å². The van der Waals surface area contributed by atoms with E-state index in [9.17, 15) is 0 Å². The summed E-state index contributed by atoms with van der Waals surface area (Å²) < 4.78 is 5.23. The predicted octanol–water partition coefficient (Wildman–Crippen LogP) is 2.35. The highest BCUT2D eigenvalue weighted by atomic mass is 16.5. The average molecular weight is 262 g/mol. The van der Waals surface area contributed by atoms with Crippen molar-refractivity contribution in [3.05, 3.63) is 35.4 Å². The first-order valence-corrected chi connectivity index (χ1v) is 7.22. The molecule has 0 amide bonds. The van der Waals surface area contributed by atoms with E-state index in [-0.39, 0.29) is 6.04 Å². The number of aryl methyl sites for hydroxylation is 1. The summed E-state index contributed by atoms with van der Waals surface area (Å²) in [6.07, 6.45) is 2.29. The Kier molecular flexibility index (Phi) is 5.37. The molecule has 1 aromatic carbocycles. The molecule has 106 valence electrons. The van der Waals surface area contributed by atoms with Crippen molar-refractivity contribution < 1.29 is 4.74 Å². The zero-order valence-corrected chi connectivity index (χ0v) is 12.1. The lowest BCUT2D eigenvalue weighted by atomic mass is 10.0. The van der Waals surface area contributed by atoms with Crippen LogP contribution < -0.4 is 5.73 Å². The highest BCUT2D eigenvalue weighted by Crippen LogP contribution is 2.20. The van der Waals surface area contributed by atoms with Gasteiger partial charge >= 0.3 is 0 Å². The summed E-state index contributed by atoms with van der Waals surface area (Å²) in [5.41, 5.74) is 8.80. The van der Waals surface area contributed by atoms with Gasteiger partial charge in [0.2, 0.25) is 0 Å². The lowest BCUT2D eigenvalue weighted by molar-refractivity contribution is 0.153. The fourth-order valence-electron chi connectivity index (χ4n) is 2.79. The van der Waals surface area contributed by atoms with Crippen LogP contribution in [0.1, 0.15) is 30.0 Å². The zero-order valence-electron chi connectivity index (χ0n) is 12.1. The van der Waals surface area contributed by atoms with Gasteiger partial charge in [0.25, 0.3) is 0 Å². The predicted molar refractivity (Wildman–Crippen MR) is 79.1 cm³/mol. The number of hydrogen-bond acceptors (Lipinski definition) is 3. The van der Waals surface area contributed by atoms with Crippen molar-refractivity contribution in [1.29, 1.82) is 0 Å². The highest BCUT2D eigenvalue weighted by molar-refractivity contribution is 5.23. The van der Waals surface area contributed by atoms with Gasteiger partial charge in [-0.1, -0.05) is 29.8 Å². The molecule has 2 atom stereocenters. The Bertz CT molecular complexity index is 377. The topological polar surface area (TPSA) is 38.5 Å². The molecule has 1 aliphatic heterocycles. The summed E-state index contributed by atoms with van der Waals surface area (Å²) in [6, 6.07) is 8.73. The quantitative estimate of drug-likeness (QED) is 0.855. The number of hydrogen-bond donors (Lipinski definition) is 1. The highest BCUT2D eigenvalue weighted by Gasteiger charge is 2.22. The summed E-state index contributed by atoms with van der Waals surface area (Å²) in [4.78, 5) is 2.51. The van der Waals surface area contributed by atoms with Crippen molar-refractivity contribution in [2.24, 2.45) is 11.7 Å². The monoisotopic (exact) mass is 262 g/mol. The van der Waals surface area contributed by atoms with Crippen LogP contribution in [-0.2, 0) is 4.74 Å². The lowest BCUT2D eigenvalue weighted by Gasteiger charge is -2.19. The van der Waals surface area contributed by atoms with Crippen molar-refractivity contribution in [1.82, 2.24) is 4.90 Å². The maximum absolute atomic E-state index is 6.27. The summed E-state index contributed by atoms with van der Waals surface area (Å²) >= 11 is 0. The third kappa shape index (κ3) is 4.30. The summed E-state index contributed by atoms with van der Waals surface area (Å²) in [7, 11) is 1.79. The molecular formula is C16H26N2O. The Morgan fingerprint density at radius 2 is 2.11 bits per heavy atom. The van der Waals surface area contributed by atoms with E-state index in [0.717, 1.165) is 26.1 Å². The Morgan fingerprint density at radius 1 is 1.37 bits per heavy atom. The van der Waals surface area contributed by atoms with Crippen LogP contribution in [0.2, 0.25) is 0 Å². The molecule has 2 unspecified atom stereocenters. The SMILES string of the molecule is COCC1CCN(CCC(N)c2ccc(C)cc2)C1. The molecule has 0 aliphatic carbocycles. The zero-order chi connectivity index (χ0) is 13.7.